The third kappa shape index (κ3) is 3.20. The Hall–Kier alpha value is -1.62. The number of hydrogen-bond acceptors (Lipinski definition) is 2. The van der Waals surface area contributed by atoms with Crippen molar-refractivity contribution in [2.45, 2.75) is 13.3 Å². The Balaban J connectivity index is 1.91. The van der Waals surface area contributed by atoms with Crippen molar-refractivity contribution in [2.75, 3.05) is 6.54 Å². The molecule has 4 nitrogen and oxygen atoms in total. The molecule has 0 unspecified atom stereocenters. The smallest absolute Gasteiger partial charge is 0.252 e. The van der Waals surface area contributed by atoms with E-state index in [0.29, 0.717) is 18.5 Å². The molecule has 0 atom stereocenters. The van der Waals surface area contributed by atoms with Crippen LogP contribution in [0.15, 0.2) is 35.1 Å². The van der Waals surface area contributed by atoms with Crippen LogP contribution in [-0.4, -0.2) is 22.4 Å². The van der Waals surface area contributed by atoms with E-state index < -0.39 is 0 Å². The highest BCUT2D eigenvalue weighted by atomic mass is 79.9. The Morgan fingerprint density at radius 3 is 3.00 bits per heavy atom. The summed E-state index contributed by atoms with van der Waals surface area (Å²) >= 11 is 3.40. The van der Waals surface area contributed by atoms with Gasteiger partial charge in [0.1, 0.15) is 5.82 Å². The van der Waals surface area contributed by atoms with Crippen LogP contribution in [0.1, 0.15) is 21.7 Å². The van der Waals surface area contributed by atoms with Gasteiger partial charge in [-0.2, -0.15) is 0 Å². The Morgan fingerprint density at radius 1 is 1.50 bits per heavy atom. The van der Waals surface area contributed by atoms with Gasteiger partial charge < -0.3 is 10.3 Å². The molecular weight excluding hydrogens is 294 g/mol. The van der Waals surface area contributed by atoms with Crippen LogP contribution in [0.2, 0.25) is 0 Å². The first-order chi connectivity index (χ1) is 8.66. The minimum absolute atomic E-state index is 0.0755. The third-order valence-corrected chi connectivity index (χ3v) is 3.23. The van der Waals surface area contributed by atoms with Crippen molar-refractivity contribution in [3.63, 3.8) is 0 Å². The molecule has 1 amide bonds. The van der Waals surface area contributed by atoms with Gasteiger partial charge in [-0.25, -0.2) is 4.98 Å². The van der Waals surface area contributed by atoms with Crippen molar-refractivity contribution in [3.05, 3.63) is 52.0 Å². The summed E-state index contributed by atoms with van der Waals surface area (Å²) < 4.78 is 0.818. The number of nitrogens with zero attached hydrogens (tertiary/aromatic N) is 1. The highest BCUT2D eigenvalue weighted by Gasteiger charge is 2.09. The zero-order valence-corrected chi connectivity index (χ0v) is 11.6. The molecule has 5 heteroatoms. The molecule has 0 bridgehead atoms. The van der Waals surface area contributed by atoms with Crippen LogP contribution in [-0.2, 0) is 6.42 Å². The number of nitrogens with one attached hydrogen (secondary N) is 2. The SMILES string of the molecule is Cc1ccc(C(=O)NCCc2ncc[nH]2)c(Br)c1. The number of halogens is 1. The fraction of sp³-hybridized carbons (Fsp3) is 0.231. The van der Waals surface area contributed by atoms with E-state index in [-0.39, 0.29) is 5.91 Å². The first kappa shape index (κ1) is 12.8. The average Bonchev–Trinajstić information content (AvgIpc) is 2.81. The Kier molecular flexibility index (Phi) is 4.15. The lowest BCUT2D eigenvalue weighted by atomic mass is 10.1. The zero-order chi connectivity index (χ0) is 13.0. The second kappa shape index (κ2) is 5.82. The molecule has 2 N–H and O–H groups in total. The molecule has 2 aromatic rings. The number of carbonyl (C=O) groups excluding carboxylic acids is 1. The van der Waals surface area contributed by atoms with Gasteiger partial charge in [0.2, 0.25) is 0 Å². The standard InChI is InChI=1S/C13H14BrN3O/c1-9-2-3-10(11(14)8-9)13(18)17-5-4-12-15-6-7-16-12/h2-3,6-8H,4-5H2,1H3,(H,15,16)(H,17,18). The number of carbonyl (C=O) groups is 1. The molecule has 0 spiro atoms. The van der Waals surface area contributed by atoms with Crippen molar-refractivity contribution < 1.29 is 4.79 Å². The Bertz CT molecular complexity index is 537. The van der Waals surface area contributed by atoms with Crippen molar-refractivity contribution in [3.8, 4) is 0 Å². The van der Waals surface area contributed by atoms with Crippen LogP contribution >= 0.6 is 15.9 Å². The number of rotatable bonds is 4. The normalized spacial score (nSPS) is 10.3. The summed E-state index contributed by atoms with van der Waals surface area (Å²) in [6.07, 6.45) is 4.17. The van der Waals surface area contributed by atoms with Gasteiger partial charge in [-0.1, -0.05) is 6.07 Å². The summed E-state index contributed by atoms with van der Waals surface area (Å²) in [7, 11) is 0. The molecule has 18 heavy (non-hydrogen) atoms. The van der Waals surface area contributed by atoms with Crippen LogP contribution in [0.3, 0.4) is 0 Å². The van der Waals surface area contributed by atoms with E-state index in [9.17, 15) is 4.79 Å². The van der Waals surface area contributed by atoms with Crippen LogP contribution in [0.5, 0.6) is 0 Å². The van der Waals surface area contributed by atoms with Crippen molar-refractivity contribution in [1.29, 1.82) is 0 Å². The van der Waals surface area contributed by atoms with E-state index in [1.807, 2.05) is 25.1 Å². The lowest BCUT2D eigenvalue weighted by Crippen LogP contribution is -2.26. The molecule has 2 rings (SSSR count). The fourth-order valence-electron chi connectivity index (χ4n) is 1.63. The molecule has 0 radical (unpaired) electrons. The van der Waals surface area contributed by atoms with Gasteiger partial charge in [0.15, 0.2) is 0 Å². The van der Waals surface area contributed by atoms with Crippen LogP contribution in [0, 0.1) is 6.92 Å². The highest BCUT2D eigenvalue weighted by Crippen LogP contribution is 2.18. The predicted molar refractivity (Wildman–Crippen MR) is 73.5 cm³/mol. The van der Waals surface area contributed by atoms with Gasteiger partial charge in [-0.05, 0) is 40.5 Å². The summed E-state index contributed by atoms with van der Waals surface area (Å²) in [5.41, 5.74) is 1.77. The summed E-state index contributed by atoms with van der Waals surface area (Å²) in [4.78, 5) is 19.0. The number of amides is 1. The monoisotopic (exact) mass is 307 g/mol. The second-order valence-electron chi connectivity index (χ2n) is 4.03. The molecule has 0 aliphatic rings. The van der Waals surface area contributed by atoms with Gasteiger partial charge in [-0.3, -0.25) is 4.79 Å². The van der Waals surface area contributed by atoms with Crippen LogP contribution in [0.25, 0.3) is 0 Å². The minimum Gasteiger partial charge on any atom is -0.352 e. The van der Waals surface area contributed by atoms with Gasteiger partial charge in [-0.15, -0.1) is 0 Å². The van der Waals surface area contributed by atoms with Crippen molar-refractivity contribution in [2.24, 2.45) is 0 Å². The summed E-state index contributed by atoms with van der Waals surface area (Å²) in [5.74, 6) is 0.798. The van der Waals surface area contributed by atoms with E-state index in [4.69, 9.17) is 0 Å². The molecule has 94 valence electrons. The number of aromatic nitrogens is 2. The van der Waals surface area contributed by atoms with Gasteiger partial charge >= 0.3 is 0 Å². The first-order valence-corrected chi connectivity index (χ1v) is 6.49. The fourth-order valence-corrected chi connectivity index (χ4v) is 2.30. The summed E-state index contributed by atoms with van der Waals surface area (Å²) in [6.45, 7) is 2.55. The largest absolute Gasteiger partial charge is 0.352 e. The van der Waals surface area contributed by atoms with E-state index >= 15 is 0 Å². The number of imidazole rings is 1. The average molecular weight is 308 g/mol. The maximum atomic E-state index is 11.9. The van der Waals surface area contributed by atoms with Gasteiger partial charge in [0.25, 0.3) is 5.91 Å². The third-order valence-electron chi connectivity index (χ3n) is 2.57. The lowest BCUT2D eigenvalue weighted by molar-refractivity contribution is 0.0953. The van der Waals surface area contributed by atoms with E-state index in [2.05, 4.69) is 31.2 Å². The molecule has 1 heterocycles. The molecule has 1 aromatic carbocycles. The van der Waals surface area contributed by atoms with E-state index in [1.165, 1.54) is 0 Å². The number of aryl methyl sites for hydroxylation is 1. The summed E-state index contributed by atoms with van der Waals surface area (Å²) in [6, 6.07) is 5.68. The zero-order valence-electron chi connectivity index (χ0n) is 10.0. The minimum atomic E-state index is -0.0755. The second-order valence-corrected chi connectivity index (χ2v) is 4.88. The van der Waals surface area contributed by atoms with Gasteiger partial charge in [0, 0.05) is 29.8 Å². The highest BCUT2D eigenvalue weighted by molar-refractivity contribution is 9.10. The molecule has 0 saturated carbocycles. The number of hydrogen-bond donors (Lipinski definition) is 2. The van der Waals surface area contributed by atoms with Crippen molar-refractivity contribution >= 4 is 21.8 Å². The van der Waals surface area contributed by atoms with Crippen LogP contribution < -0.4 is 5.32 Å². The van der Waals surface area contributed by atoms with E-state index in [0.717, 1.165) is 15.9 Å². The first-order valence-electron chi connectivity index (χ1n) is 5.69. The summed E-state index contributed by atoms with van der Waals surface area (Å²) in [5, 5.41) is 2.87. The van der Waals surface area contributed by atoms with Gasteiger partial charge in [0.05, 0.1) is 5.56 Å². The topological polar surface area (TPSA) is 57.8 Å². The molecule has 0 aliphatic heterocycles. The predicted octanol–water partition coefficient (Wildman–Crippen LogP) is 2.45. The maximum Gasteiger partial charge on any atom is 0.252 e. The molecule has 0 aliphatic carbocycles. The number of aromatic amines is 1. The number of H-pyrrole nitrogens is 1. The molecule has 0 saturated heterocycles. The van der Waals surface area contributed by atoms with Crippen molar-refractivity contribution in [1.82, 2.24) is 15.3 Å². The molecular formula is C13H14BrN3O. The lowest BCUT2D eigenvalue weighted by Gasteiger charge is -2.06. The quantitative estimate of drug-likeness (QED) is 0.911. The molecule has 1 aromatic heterocycles. The Morgan fingerprint density at radius 2 is 2.33 bits per heavy atom. The Labute approximate surface area is 114 Å². The van der Waals surface area contributed by atoms with Crippen LogP contribution in [0.4, 0.5) is 0 Å². The molecule has 0 fully saturated rings. The van der Waals surface area contributed by atoms with E-state index in [1.54, 1.807) is 12.4 Å². The number of benzene rings is 1. The maximum absolute atomic E-state index is 11.9.